The van der Waals surface area contributed by atoms with Crippen LogP contribution in [0.25, 0.3) is 5.76 Å². The Morgan fingerprint density at radius 1 is 1.16 bits per heavy atom. The number of ketones is 2. The van der Waals surface area contributed by atoms with Gasteiger partial charge < -0.3 is 36.4 Å². The fourth-order valence-corrected chi connectivity index (χ4v) is 5.70. The van der Waals surface area contributed by atoms with Gasteiger partial charge in [0.1, 0.15) is 22.8 Å². The zero-order chi connectivity index (χ0) is 28.5. The van der Waals surface area contributed by atoms with Crippen molar-refractivity contribution in [1.82, 2.24) is 5.32 Å². The molecule has 1 aromatic carbocycles. The van der Waals surface area contributed by atoms with Crippen molar-refractivity contribution < 1.29 is 39.6 Å². The minimum absolute atomic E-state index is 0.0108. The van der Waals surface area contributed by atoms with Crippen molar-refractivity contribution in [3.63, 3.8) is 0 Å². The Labute approximate surface area is 219 Å². The Morgan fingerprint density at radius 3 is 2.34 bits per heavy atom. The number of carbonyl (C=O) groups excluding carboxylic acids is 4. The largest absolute Gasteiger partial charge is 0.508 e. The van der Waals surface area contributed by atoms with Crippen molar-refractivity contribution in [3.05, 3.63) is 39.7 Å². The molecule has 204 valence electrons. The first-order chi connectivity index (χ1) is 17.5. The van der Waals surface area contributed by atoms with Crippen LogP contribution in [0, 0.1) is 17.3 Å². The van der Waals surface area contributed by atoms with Gasteiger partial charge in [-0.25, -0.2) is 0 Å². The van der Waals surface area contributed by atoms with Gasteiger partial charge >= 0.3 is 0 Å². The lowest BCUT2D eigenvalue weighted by Gasteiger charge is -2.46. The predicted octanol–water partition coefficient (Wildman–Crippen LogP) is 1.15. The second kappa shape index (κ2) is 8.87. The molecule has 0 aliphatic heterocycles. The second-order valence-corrected chi connectivity index (χ2v) is 11.5. The number of aromatic hydroxyl groups is 1. The van der Waals surface area contributed by atoms with Crippen LogP contribution in [0.1, 0.15) is 50.3 Å². The van der Waals surface area contributed by atoms with E-state index < -0.39 is 57.4 Å². The van der Waals surface area contributed by atoms with E-state index in [1.54, 1.807) is 45.8 Å². The van der Waals surface area contributed by atoms with Gasteiger partial charge in [0.2, 0.25) is 11.7 Å². The van der Waals surface area contributed by atoms with E-state index in [4.69, 9.17) is 5.73 Å². The van der Waals surface area contributed by atoms with Crippen LogP contribution in [0.15, 0.2) is 23.0 Å². The van der Waals surface area contributed by atoms with Gasteiger partial charge in [0.05, 0.1) is 5.56 Å². The molecule has 0 heterocycles. The fraction of sp³-hybridized carbons (Fsp3) is 0.481. The monoisotopic (exact) mass is 527 g/mol. The van der Waals surface area contributed by atoms with Crippen LogP contribution in [-0.4, -0.2) is 63.5 Å². The van der Waals surface area contributed by atoms with Crippen LogP contribution in [0.3, 0.4) is 0 Å². The maximum Gasteiger partial charge on any atom is 0.255 e. The van der Waals surface area contributed by atoms with Gasteiger partial charge in [-0.15, -0.1) is 0 Å². The number of amides is 2. The molecule has 2 amide bonds. The third-order valence-electron chi connectivity index (χ3n) is 7.72. The molecule has 4 rings (SSSR count). The molecule has 1 fully saturated rings. The van der Waals surface area contributed by atoms with Gasteiger partial charge in [-0.1, -0.05) is 20.8 Å². The molecule has 38 heavy (non-hydrogen) atoms. The highest BCUT2D eigenvalue weighted by Gasteiger charge is 2.60. The maximum absolute atomic E-state index is 13.7. The van der Waals surface area contributed by atoms with Crippen LogP contribution < -0.4 is 16.0 Å². The van der Waals surface area contributed by atoms with Crippen molar-refractivity contribution in [2.45, 2.75) is 52.2 Å². The molecule has 0 bridgehead atoms. The molecule has 1 aromatic rings. The molecule has 1 saturated carbocycles. The van der Waals surface area contributed by atoms with E-state index in [9.17, 15) is 39.6 Å². The smallest absolute Gasteiger partial charge is 0.255 e. The minimum atomic E-state index is -2.62. The summed E-state index contributed by atoms with van der Waals surface area (Å²) >= 11 is 0. The Bertz CT molecular complexity index is 1350. The molecule has 3 aliphatic rings. The molecule has 3 aliphatic carbocycles. The summed E-state index contributed by atoms with van der Waals surface area (Å²) in [6.45, 7) is 5.19. The number of carbonyl (C=O) groups is 4. The number of aliphatic hydroxyl groups excluding tert-OH is 2. The van der Waals surface area contributed by atoms with Crippen LogP contribution in [0.4, 0.5) is 5.69 Å². The topological polar surface area (TPSA) is 190 Å². The lowest BCUT2D eigenvalue weighted by molar-refractivity contribution is -0.147. The molecule has 3 atom stereocenters. The summed E-state index contributed by atoms with van der Waals surface area (Å²) in [6.07, 6.45) is -0.121. The number of primary amides is 1. The predicted molar refractivity (Wildman–Crippen MR) is 137 cm³/mol. The highest BCUT2D eigenvalue weighted by Crippen LogP contribution is 2.53. The average Bonchev–Trinajstić information content (AvgIpc) is 2.79. The molecule has 0 saturated heterocycles. The Morgan fingerprint density at radius 2 is 1.79 bits per heavy atom. The zero-order valence-corrected chi connectivity index (χ0v) is 22.0. The SMILES string of the molecule is CN(C)c1cc(CNC(=O)C(C)(C)C)c(O)c2c1CC1CC3CC(=O)C(C(N)=O)=C(O)C3(O)C(=O)C1=C2O. The lowest BCUT2D eigenvalue weighted by atomic mass is 9.59. The zero-order valence-electron chi connectivity index (χ0n) is 22.0. The number of Topliss-reactive ketones (excluding diaryl/α,β-unsaturated/α-hetero) is 2. The quantitative estimate of drug-likeness (QED) is 0.312. The number of anilines is 1. The van der Waals surface area contributed by atoms with Crippen LogP contribution >= 0.6 is 0 Å². The summed E-state index contributed by atoms with van der Waals surface area (Å²) in [5.41, 5.74) is 2.39. The van der Waals surface area contributed by atoms with Crippen molar-refractivity contribution in [1.29, 1.82) is 0 Å². The second-order valence-electron chi connectivity index (χ2n) is 11.5. The van der Waals surface area contributed by atoms with Gasteiger partial charge in [-0.05, 0) is 30.4 Å². The van der Waals surface area contributed by atoms with Crippen molar-refractivity contribution in [2.75, 3.05) is 19.0 Å². The Hall–Kier alpha value is -3.86. The van der Waals surface area contributed by atoms with Crippen LogP contribution in [-0.2, 0) is 32.1 Å². The summed E-state index contributed by atoms with van der Waals surface area (Å²) in [5.74, 6) is -7.00. The molecule has 7 N–H and O–H groups in total. The Balaban J connectivity index is 1.88. The first-order valence-corrected chi connectivity index (χ1v) is 12.3. The summed E-state index contributed by atoms with van der Waals surface area (Å²) in [5, 5.41) is 47.4. The van der Waals surface area contributed by atoms with Crippen LogP contribution in [0.5, 0.6) is 5.75 Å². The van der Waals surface area contributed by atoms with Gasteiger partial charge in [0, 0.05) is 55.2 Å². The first-order valence-electron chi connectivity index (χ1n) is 12.3. The molecule has 0 aromatic heterocycles. The van der Waals surface area contributed by atoms with E-state index in [1.807, 2.05) is 0 Å². The normalized spacial score (nSPS) is 25.0. The van der Waals surface area contributed by atoms with Crippen LogP contribution in [0.2, 0.25) is 0 Å². The first kappa shape index (κ1) is 27.2. The fourth-order valence-electron chi connectivity index (χ4n) is 5.70. The van der Waals surface area contributed by atoms with E-state index in [-0.39, 0.29) is 48.6 Å². The standard InChI is InChI=1S/C27H33N3O8/c1-26(2,3)25(37)29-10-12-8-15(30(4)5)14-7-11-6-13-9-16(31)19(24(28)36)23(35)27(13,38)22(34)17(11)21(33)18(14)20(12)32/h8,11,13,32-33,35,38H,6-7,9-10H2,1-5H3,(H2,28,36)(H,29,37). The summed E-state index contributed by atoms with van der Waals surface area (Å²) in [6, 6.07) is 1.70. The van der Waals surface area contributed by atoms with Crippen molar-refractivity contribution in [2.24, 2.45) is 23.0 Å². The van der Waals surface area contributed by atoms with E-state index >= 15 is 0 Å². The summed E-state index contributed by atoms with van der Waals surface area (Å²) < 4.78 is 0. The molecular formula is C27H33N3O8. The third kappa shape index (κ3) is 3.92. The maximum atomic E-state index is 13.7. The number of aliphatic hydroxyl groups is 3. The van der Waals surface area contributed by atoms with Crippen molar-refractivity contribution in [3.8, 4) is 5.75 Å². The minimum Gasteiger partial charge on any atom is -0.508 e. The summed E-state index contributed by atoms with van der Waals surface area (Å²) in [7, 11) is 3.55. The number of hydrogen-bond acceptors (Lipinski definition) is 9. The number of phenols is 1. The van der Waals surface area contributed by atoms with Gasteiger partial charge in [0.15, 0.2) is 11.4 Å². The van der Waals surface area contributed by atoms with Gasteiger partial charge in [0.25, 0.3) is 5.91 Å². The molecule has 0 spiro atoms. The highest BCUT2D eigenvalue weighted by atomic mass is 16.3. The molecule has 11 nitrogen and oxygen atoms in total. The molecular weight excluding hydrogens is 494 g/mol. The number of nitrogens with zero attached hydrogens (tertiary/aromatic N) is 1. The lowest BCUT2D eigenvalue weighted by Crippen LogP contribution is -2.58. The van der Waals surface area contributed by atoms with E-state index in [1.165, 1.54) is 0 Å². The number of benzene rings is 1. The number of fused-ring (bicyclic) bond motifs is 3. The molecule has 0 radical (unpaired) electrons. The average molecular weight is 528 g/mol. The third-order valence-corrected chi connectivity index (χ3v) is 7.72. The number of phenolic OH excluding ortho intramolecular Hbond substituents is 1. The Kier molecular flexibility index (Phi) is 6.34. The number of rotatable bonds is 4. The molecule has 11 heteroatoms. The van der Waals surface area contributed by atoms with Gasteiger partial charge in [-0.2, -0.15) is 0 Å². The van der Waals surface area contributed by atoms with E-state index in [0.29, 0.717) is 16.8 Å². The summed E-state index contributed by atoms with van der Waals surface area (Å²) in [4.78, 5) is 52.2. The highest BCUT2D eigenvalue weighted by molar-refractivity contribution is 6.22. The van der Waals surface area contributed by atoms with E-state index in [0.717, 1.165) is 0 Å². The van der Waals surface area contributed by atoms with Crippen molar-refractivity contribution >= 4 is 34.8 Å². The number of nitrogens with one attached hydrogen (secondary N) is 1. The number of hydrogen-bond donors (Lipinski definition) is 6. The van der Waals surface area contributed by atoms with Gasteiger partial charge in [-0.3, -0.25) is 19.2 Å². The van der Waals surface area contributed by atoms with E-state index in [2.05, 4.69) is 5.32 Å². The number of nitrogens with two attached hydrogens (primary N) is 1. The molecule has 3 unspecified atom stereocenters.